The summed E-state index contributed by atoms with van der Waals surface area (Å²) in [5.74, 6) is -0.409. The van der Waals surface area contributed by atoms with Crippen molar-refractivity contribution in [3.05, 3.63) is 62.3 Å². The monoisotopic (exact) mass is 347 g/mol. The molecule has 0 radical (unpaired) electrons. The van der Waals surface area contributed by atoms with E-state index in [4.69, 9.17) is 23.2 Å². The molecule has 0 amide bonds. The van der Waals surface area contributed by atoms with E-state index in [2.05, 4.69) is 21.2 Å². The van der Waals surface area contributed by atoms with Crippen molar-refractivity contribution >= 4 is 44.8 Å². The minimum absolute atomic E-state index is 0.151. The summed E-state index contributed by atoms with van der Waals surface area (Å²) in [6, 6.07) is 10.2. The first kappa shape index (κ1) is 13.7. The van der Waals surface area contributed by atoms with Crippen LogP contribution in [0.3, 0.4) is 0 Å². The number of hydrogen-bond donors (Lipinski definition) is 1. The highest BCUT2D eigenvalue weighted by molar-refractivity contribution is 9.10. The molecule has 0 aliphatic rings. The van der Waals surface area contributed by atoms with E-state index >= 15 is 0 Å². The number of hydrogen-bond acceptors (Lipinski definition) is 1. The van der Waals surface area contributed by atoms with Crippen molar-refractivity contribution in [1.82, 2.24) is 0 Å². The minimum Gasteiger partial charge on any atom is -0.381 e. The average molecular weight is 349 g/mol. The van der Waals surface area contributed by atoms with Gasteiger partial charge in [0.15, 0.2) is 0 Å². The Morgan fingerprint density at radius 1 is 1.17 bits per heavy atom. The molecule has 0 heterocycles. The topological polar surface area (TPSA) is 12.0 Å². The third-order valence-electron chi connectivity index (χ3n) is 2.43. The van der Waals surface area contributed by atoms with Crippen LogP contribution in [0.4, 0.5) is 10.1 Å². The van der Waals surface area contributed by atoms with E-state index in [1.54, 1.807) is 18.2 Å². The fourth-order valence-electron chi connectivity index (χ4n) is 1.49. The average Bonchev–Trinajstić information content (AvgIpc) is 2.35. The van der Waals surface area contributed by atoms with Gasteiger partial charge >= 0.3 is 0 Å². The fraction of sp³-hybridized carbons (Fsp3) is 0.0769. The third kappa shape index (κ3) is 3.16. The molecule has 0 saturated carbocycles. The van der Waals surface area contributed by atoms with Gasteiger partial charge in [-0.25, -0.2) is 4.39 Å². The zero-order valence-electron chi connectivity index (χ0n) is 9.18. The van der Waals surface area contributed by atoms with Gasteiger partial charge in [-0.1, -0.05) is 35.3 Å². The maximum absolute atomic E-state index is 13.2. The molecule has 5 heteroatoms. The molecule has 0 unspecified atom stereocenters. The highest BCUT2D eigenvalue weighted by atomic mass is 79.9. The molecular formula is C13H9BrCl2FN. The first-order chi connectivity index (χ1) is 8.58. The van der Waals surface area contributed by atoms with Crippen LogP contribution in [0.5, 0.6) is 0 Å². The van der Waals surface area contributed by atoms with Crippen LogP contribution in [-0.2, 0) is 6.54 Å². The highest BCUT2D eigenvalue weighted by Crippen LogP contribution is 2.26. The molecule has 1 nitrogen and oxygen atoms in total. The molecule has 2 rings (SSSR count). The van der Waals surface area contributed by atoms with Crippen molar-refractivity contribution in [2.45, 2.75) is 6.54 Å². The molecule has 0 saturated heterocycles. The summed E-state index contributed by atoms with van der Waals surface area (Å²) >= 11 is 15.1. The molecule has 0 aliphatic heterocycles. The van der Waals surface area contributed by atoms with Gasteiger partial charge in [0.25, 0.3) is 0 Å². The van der Waals surface area contributed by atoms with E-state index < -0.39 is 5.82 Å². The molecule has 94 valence electrons. The van der Waals surface area contributed by atoms with Gasteiger partial charge in [0, 0.05) is 16.7 Å². The molecule has 0 bridgehead atoms. The van der Waals surface area contributed by atoms with Crippen molar-refractivity contribution in [2.75, 3.05) is 5.32 Å². The predicted molar refractivity (Wildman–Crippen MR) is 77.9 cm³/mol. The SMILES string of the molecule is Fc1cccc(CNc2ccc(Cl)c(Br)c2)c1Cl. The Morgan fingerprint density at radius 2 is 1.94 bits per heavy atom. The molecule has 0 spiro atoms. The van der Waals surface area contributed by atoms with E-state index in [1.807, 2.05) is 12.1 Å². The van der Waals surface area contributed by atoms with Crippen molar-refractivity contribution in [2.24, 2.45) is 0 Å². The van der Waals surface area contributed by atoms with Crippen LogP contribution in [0.2, 0.25) is 10.0 Å². The smallest absolute Gasteiger partial charge is 0.142 e. The highest BCUT2D eigenvalue weighted by Gasteiger charge is 2.05. The van der Waals surface area contributed by atoms with Gasteiger partial charge in [-0.3, -0.25) is 0 Å². The minimum atomic E-state index is -0.409. The second-order valence-electron chi connectivity index (χ2n) is 3.70. The van der Waals surface area contributed by atoms with Gasteiger partial charge in [-0.05, 0) is 45.8 Å². The van der Waals surface area contributed by atoms with Gasteiger partial charge < -0.3 is 5.32 Å². The van der Waals surface area contributed by atoms with Gasteiger partial charge in [-0.15, -0.1) is 0 Å². The third-order valence-corrected chi connectivity index (χ3v) is 4.07. The molecule has 2 aromatic rings. The van der Waals surface area contributed by atoms with Crippen molar-refractivity contribution < 1.29 is 4.39 Å². The summed E-state index contributed by atoms with van der Waals surface area (Å²) in [6.07, 6.45) is 0. The zero-order valence-corrected chi connectivity index (χ0v) is 12.3. The van der Waals surface area contributed by atoms with E-state index in [9.17, 15) is 4.39 Å². The van der Waals surface area contributed by atoms with Crippen molar-refractivity contribution in [1.29, 1.82) is 0 Å². The lowest BCUT2D eigenvalue weighted by molar-refractivity contribution is 0.626. The van der Waals surface area contributed by atoms with Crippen molar-refractivity contribution in [3.63, 3.8) is 0 Å². The quantitative estimate of drug-likeness (QED) is 0.771. The lowest BCUT2D eigenvalue weighted by Gasteiger charge is -2.09. The molecule has 1 N–H and O–H groups in total. The number of benzene rings is 2. The van der Waals surface area contributed by atoms with E-state index in [-0.39, 0.29) is 5.02 Å². The normalized spacial score (nSPS) is 10.4. The van der Waals surface area contributed by atoms with Crippen LogP contribution < -0.4 is 5.32 Å². The fourth-order valence-corrected chi connectivity index (χ4v) is 2.18. The number of nitrogens with one attached hydrogen (secondary N) is 1. The van der Waals surface area contributed by atoms with Gasteiger partial charge in [0.1, 0.15) is 5.82 Å². The Morgan fingerprint density at radius 3 is 2.67 bits per heavy atom. The Kier molecular flexibility index (Phi) is 4.49. The van der Waals surface area contributed by atoms with E-state index in [0.717, 1.165) is 10.2 Å². The maximum Gasteiger partial charge on any atom is 0.142 e. The Balaban J connectivity index is 2.11. The van der Waals surface area contributed by atoms with E-state index in [1.165, 1.54) is 6.07 Å². The molecule has 0 atom stereocenters. The van der Waals surface area contributed by atoms with Gasteiger partial charge in [0.05, 0.1) is 10.0 Å². The summed E-state index contributed by atoms with van der Waals surface area (Å²) in [7, 11) is 0. The van der Waals surface area contributed by atoms with E-state index in [0.29, 0.717) is 17.1 Å². The first-order valence-corrected chi connectivity index (χ1v) is 6.74. The van der Waals surface area contributed by atoms with Crippen molar-refractivity contribution in [3.8, 4) is 0 Å². The van der Waals surface area contributed by atoms with Crippen LogP contribution in [0.25, 0.3) is 0 Å². The predicted octanol–water partition coefficient (Wildman–Crippen LogP) is 5.51. The summed E-state index contributed by atoms with van der Waals surface area (Å²) in [6.45, 7) is 0.449. The molecule has 0 fully saturated rings. The Bertz CT molecular complexity index is 575. The van der Waals surface area contributed by atoms with Crippen LogP contribution in [0, 0.1) is 5.82 Å². The second kappa shape index (κ2) is 5.91. The maximum atomic E-state index is 13.2. The molecule has 0 aromatic heterocycles. The summed E-state index contributed by atoms with van der Waals surface area (Å²) < 4.78 is 14.0. The summed E-state index contributed by atoms with van der Waals surface area (Å²) in [5, 5.41) is 3.95. The Labute approximate surface area is 123 Å². The molecule has 0 aliphatic carbocycles. The van der Waals surface area contributed by atoms with Crippen LogP contribution in [0.15, 0.2) is 40.9 Å². The molecule has 18 heavy (non-hydrogen) atoms. The Hall–Kier alpha value is -0.770. The lowest BCUT2D eigenvalue weighted by Crippen LogP contribution is -2.00. The van der Waals surface area contributed by atoms with Crippen LogP contribution >= 0.6 is 39.1 Å². The zero-order chi connectivity index (χ0) is 13.1. The largest absolute Gasteiger partial charge is 0.381 e. The van der Waals surface area contributed by atoms with Gasteiger partial charge in [0.2, 0.25) is 0 Å². The summed E-state index contributed by atoms with van der Waals surface area (Å²) in [5.41, 5.74) is 1.59. The first-order valence-electron chi connectivity index (χ1n) is 5.20. The molecule has 2 aromatic carbocycles. The number of anilines is 1. The number of rotatable bonds is 3. The van der Waals surface area contributed by atoms with Gasteiger partial charge in [-0.2, -0.15) is 0 Å². The standard InChI is InChI=1S/C13H9BrCl2FN/c14-10-6-9(4-5-11(10)15)18-7-8-2-1-3-12(17)13(8)16/h1-6,18H,7H2. The van der Waals surface area contributed by atoms with Crippen LogP contribution in [0.1, 0.15) is 5.56 Å². The second-order valence-corrected chi connectivity index (χ2v) is 5.33. The summed E-state index contributed by atoms with van der Waals surface area (Å²) in [4.78, 5) is 0. The lowest BCUT2D eigenvalue weighted by atomic mass is 10.2. The van der Waals surface area contributed by atoms with Crippen LogP contribution in [-0.4, -0.2) is 0 Å². The molecular weight excluding hydrogens is 340 g/mol. The number of halogens is 4.